The number of nitro groups is 1. The van der Waals surface area contributed by atoms with Crippen molar-refractivity contribution in [3.05, 3.63) is 51.7 Å². The normalized spacial score (nSPS) is 11.2. The number of amides is 2. The highest BCUT2D eigenvalue weighted by Gasteiger charge is 2.29. The monoisotopic (exact) mass is 466 g/mol. The van der Waals surface area contributed by atoms with Gasteiger partial charge in [0.2, 0.25) is 6.41 Å². The molecule has 1 atom stereocenters. The van der Waals surface area contributed by atoms with Crippen molar-refractivity contribution in [3.63, 3.8) is 0 Å². The van der Waals surface area contributed by atoms with E-state index < -0.39 is 35.4 Å². The Balaban J connectivity index is 2.12. The molecule has 13 nitrogen and oxygen atoms in total. The van der Waals surface area contributed by atoms with Crippen LogP contribution in [0.15, 0.2) is 36.5 Å². The largest absolute Gasteiger partial charge is 0.481 e. The smallest absolute Gasteiger partial charge is 0.417 e. The second-order valence-electron chi connectivity index (χ2n) is 6.09. The van der Waals surface area contributed by atoms with Gasteiger partial charge < -0.3 is 14.9 Å². The molecule has 0 aliphatic rings. The Morgan fingerprint density at radius 2 is 1.94 bits per heavy atom. The minimum absolute atomic E-state index is 0.0265. The number of aliphatic carboxylic acids is 2. The van der Waals surface area contributed by atoms with Crippen LogP contribution in [0.25, 0.3) is 0 Å². The maximum atomic E-state index is 12.0. The summed E-state index contributed by atoms with van der Waals surface area (Å²) in [6, 6.07) is 4.38. The highest BCUT2D eigenvalue weighted by Crippen LogP contribution is 2.28. The minimum atomic E-state index is -1.53. The Hall–Kier alpha value is -4.26. The Bertz CT molecular complexity index is 1050. The number of rotatable bonds is 10. The molecule has 1 heterocycles. The van der Waals surface area contributed by atoms with Crippen LogP contribution in [0, 0.1) is 10.1 Å². The predicted molar refractivity (Wildman–Crippen MR) is 109 cm³/mol. The van der Waals surface area contributed by atoms with Crippen LogP contribution in [-0.4, -0.2) is 50.6 Å². The molecule has 2 amide bonds. The minimum Gasteiger partial charge on any atom is -0.481 e. The highest BCUT2D eigenvalue weighted by molar-refractivity contribution is 6.33. The molecular formula is C18H15ClN4O9. The molecule has 0 fully saturated rings. The SMILES string of the molecule is O=CN(c1ncc(NC(=O)Oc2ccc([N+](=O)[O-])cc2)cc1Cl)[C@@H](CCC(=O)O)C(=O)O. The lowest BCUT2D eigenvalue weighted by Crippen LogP contribution is -2.41. The molecule has 0 aliphatic heterocycles. The third-order valence-corrected chi connectivity index (χ3v) is 4.22. The van der Waals surface area contributed by atoms with E-state index in [1.54, 1.807) is 0 Å². The van der Waals surface area contributed by atoms with Gasteiger partial charge in [0.1, 0.15) is 11.8 Å². The number of aromatic nitrogens is 1. The van der Waals surface area contributed by atoms with E-state index in [1.807, 2.05) is 0 Å². The molecule has 0 saturated heterocycles. The van der Waals surface area contributed by atoms with Gasteiger partial charge in [-0.3, -0.25) is 29.9 Å². The van der Waals surface area contributed by atoms with Gasteiger partial charge in [0.25, 0.3) is 5.69 Å². The fourth-order valence-corrected chi connectivity index (χ4v) is 2.75. The molecular weight excluding hydrogens is 452 g/mol. The van der Waals surface area contributed by atoms with E-state index >= 15 is 0 Å². The van der Waals surface area contributed by atoms with Crippen LogP contribution >= 0.6 is 11.6 Å². The maximum Gasteiger partial charge on any atom is 0.417 e. The molecule has 32 heavy (non-hydrogen) atoms. The number of pyridine rings is 1. The number of carboxylic acid groups (broad SMARTS) is 2. The second-order valence-corrected chi connectivity index (χ2v) is 6.50. The maximum absolute atomic E-state index is 12.0. The van der Waals surface area contributed by atoms with Crippen LogP contribution in [0.3, 0.4) is 0 Å². The fourth-order valence-electron chi connectivity index (χ4n) is 2.49. The zero-order valence-corrected chi connectivity index (χ0v) is 16.8. The third kappa shape index (κ3) is 6.37. The van der Waals surface area contributed by atoms with Gasteiger partial charge in [-0.25, -0.2) is 14.6 Å². The second kappa shape index (κ2) is 10.7. The molecule has 2 aromatic rings. The fraction of sp³-hybridized carbons (Fsp3) is 0.167. The first kappa shape index (κ1) is 24.0. The number of ether oxygens (including phenoxy) is 1. The van der Waals surface area contributed by atoms with Gasteiger partial charge in [-0.2, -0.15) is 0 Å². The quantitative estimate of drug-likeness (QED) is 0.266. The molecule has 0 unspecified atom stereocenters. The van der Waals surface area contributed by atoms with Crippen molar-refractivity contribution in [2.24, 2.45) is 0 Å². The Labute approximate surface area is 184 Å². The van der Waals surface area contributed by atoms with Crippen LogP contribution in [0.1, 0.15) is 12.8 Å². The topological polar surface area (TPSA) is 189 Å². The summed E-state index contributed by atoms with van der Waals surface area (Å²) in [4.78, 5) is 60.2. The first-order valence-electron chi connectivity index (χ1n) is 8.69. The average Bonchev–Trinajstić information content (AvgIpc) is 2.71. The summed E-state index contributed by atoms with van der Waals surface area (Å²) in [5, 5.41) is 30.8. The molecule has 1 aromatic carbocycles. The highest BCUT2D eigenvalue weighted by atomic mass is 35.5. The van der Waals surface area contributed by atoms with Crippen molar-refractivity contribution >= 4 is 53.2 Å². The zero-order chi connectivity index (χ0) is 23.8. The molecule has 0 radical (unpaired) electrons. The van der Waals surface area contributed by atoms with Gasteiger partial charge in [0.05, 0.1) is 21.8 Å². The average molecular weight is 467 g/mol. The van der Waals surface area contributed by atoms with Crippen LogP contribution < -0.4 is 15.0 Å². The van der Waals surface area contributed by atoms with Crippen molar-refractivity contribution in [2.75, 3.05) is 10.2 Å². The number of nitro benzene ring substituents is 1. The molecule has 2 rings (SSSR count). The van der Waals surface area contributed by atoms with E-state index in [1.165, 1.54) is 18.2 Å². The lowest BCUT2D eigenvalue weighted by Gasteiger charge is -2.24. The van der Waals surface area contributed by atoms with E-state index in [4.69, 9.17) is 21.4 Å². The summed E-state index contributed by atoms with van der Waals surface area (Å²) in [5.41, 5.74) is -0.152. The van der Waals surface area contributed by atoms with Crippen molar-refractivity contribution in [2.45, 2.75) is 18.9 Å². The number of hydrogen-bond donors (Lipinski definition) is 3. The zero-order valence-electron chi connectivity index (χ0n) is 16.0. The molecule has 0 aliphatic carbocycles. The van der Waals surface area contributed by atoms with Crippen molar-refractivity contribution in [1.82, 2.24) is 4.98 Å². The molecule has 3 N–H and O–H groups in total. The number of carbonyl (C=O) groups excluding carboxylic acids is 2. The number of non-ortho nitro benzene ring substituents is 1. The van der Waals surface area contributed by atoms with Crippen molar-refractivity contribution in [3.8, 4) is 5.75 Å². The van der Waals surface area contributed by atoms with E-state index in [9.17, 15) is 34.4 Å². The molecule has 168 valence electrons. The van der Waals surface area contributed by atoms with Crippen molar-refractivity contribution < 1.29 is 39.1 Å². The Kier molecular flexibility index (Phi) is 8.01. The van der Waals surface area contributed by atoms with E-state index in [2.05, 4.69) is 10.3 Å². The summed E-state index contributed by atoms with van der Waals surface area (Å²) in [7, 11) is 0. The first-order valence-corrected chi connectivity index (χ1v) is 9.07. The van der Waals surface area contributed by atoms with Gasteiger partial charge in [0, 0.05) is 18.6 Å². The van der Waals surface area contributed by atoms with Crippen LogP contribution in [-0.2, 0) is 14.4 Å². The number of anilines is 2. The predicted octanol–water partition coefficient (Wildman–Crippen LogP) is 2.53. The summed E-state index contributed by atoms with van der Waals surface area (Å²) < 4.78 is 4.97. The summed E-state index contributed by atoms with van der Waals surface area (Å²) in [6.07, 6.45) is -0.632. The van der Waals surface area contributed by atoms with E-state index in [0.29, 0.717) is 4.90 Å². The van der Waals surface area contributed by atoms with E-state index in [0.717, 1.165) is 18.3 Å². The van der Waals surface area contributed by atoms with Gasteiger partial charge in [-0.1, -0.05) is 11.6 Å². The Morgan fingerprint density at radius 3 is 2.44 bits per heavy atom. The molecule has 0 spiro atoms. The molecule has 1 aromatic heterocycles. The molecule has 0 saturated carbocycles. The number of carboxylic acids is 2. The van der Waals surface area contributed by atoms with Gasteiger partial charge >= 0.3 is 18.0 Å². The number of benzene rings is 1. The van der Waals surface area contributed by atoms with Crippen LogP contribution in [0.5, 0.6) is 5.75 Å². The standard InChI is InChI=1S/C18H15ClN4O9/c19-13-7-10(21-18(29)32-12-3-1-11(2-4-12)23(30)31)8-20-16(13)22(9-24)14(17(27)28)5-6-15(25)26/h1-4,7-9,14H,5-6H2,(H,21,29)(H,25,26)(H,27,28)/t14-/m0/s1. The Morgan fingerprint density at radius 1 is 1.28 bits per heavy atom. The van der Waals surface area contributed by atoms with Crippen LogP contribution in [0.2, 0.25) is 5.02 Å². The van der Waals surface area contributed by atoms with E-state index in [-0.39, 0.29) is 40.8 Å². The lowest BCUT2D eigenvalue weighted by molar-refractivity contribution is -0.384. The summed E-state index contributed by atoms with van der Waals surface area (Å²) in [5.74, 6) is -2.93. The molecule has 14 heteroatoms. The number of halogens is 1. The van der Waals surface area contributed by atoms with Crippen molar-refractivity contribution in [1.29, 1.82) is 0 Å². The summed E-state index contributed by atoms with van der Waals surface area (Å²) >= 11 is 6.08. The van der Waals surface area contributed by atoms with Gasteiger partial charge in [-0.05, 0) is 24.6 Å². The number of nitrogens with zero attached hydrogens (tertiary/aromatic N) is 3. The van der Waals surface area contributed by atoms with Gasteiger partial charge in [-0.15, -0.1) is 0 Å². The van der Waals surface area contributed by atoms with Gasteiger partial charge in [0.15, 0.2) is 5.82 Å². The van der Waals surface area contributed by atoms with Crippen LogP contribution in [0.4, 0.5) is 22.0 Å². The number of carbonyl (C=O) groups is 4. The number of hydrogen-bond acceptors (Lipinski definition) is 8. The number of nitrogens with one attached hydrogen (secondary N) is 1. The summed E-state index contributed by atoms with van der Waals surface area (Å²) in [6.45, 7) is 0. The molecule has 0 bridgehead atoms. The first-order chi connectivity index (χ1) is 15.1. The third-order valence-electron chi connectivity index (χ3n) is 3.94. The lowest BCUT2D eigenvalue weighted by atomic mass is 10.1.